The first-order valence-corrected chi connectivity index (χ1v) is 8.42. The number of anilines is 1. The number of amides is 2. The summed E-state index contributed by atoms with van der Waals surface area (Å²) in [7, 11) is 0. The summed E-state index contributed by atoms with van der Waals surface area (Å²) in [6, 6.07) is 5.76. The molecule has 1 aliphatic rings. The number of carbonyl (C=O) groups is 2. The van der Waals surface area contributed by atoms with Gasteiger partial charge >= 0.3 is 11.8 Å². The number of hydrogen-bond donors (Lipinski definition) is 2. The van der Waals surface area contributed by atoms with Crippen LogP contribution in [0.3, 0.4) is 0 Å². The molecule has 1 heterocycles. The average molecular weight is 331 g/mol. The minimum Gasteiger partial charge on any atom is -0.328 e. The Kier molecular flexibility index (Phi) is 4.77. The number of hydrogen-bond acceptors (Lipinski definition) is 3. The van der Waals surface area contributed by atoms with E-state index in [2.05, 4.69) is 5.32 Å². The van der Waals surface area contributed by atoms with E-state index in [1.165, 1.54) is 0 Å². The van der Waals surface area contributed by atoms with Gasteiger partial charge in [0.15, 0.2) is 0 Å². The minimum absolute atomic E-state index is 0.0291. The molecule has 0 aliphatic carbocycles. The quantitative estimate of drug-likeness (QED) is 0.777. The fraction of sp³-hybridized carbons (Fsp3) is 0.579. The summed E-state index contributed by atoms with van der Waals surface area (Å²) in [4.78, 5) is 27.2. The monoisotopic (exact) mass is 331 g/mol. The Morgan fingerprint density at radius 1 is 1.12 bits per heavy atom. The lowest BCUT2D eigenvalue weighted by atomic mass is 9.77. The van der Waals surface area contributed by atoms with Gasteiger partial charge in [-0.3, -0.25) is 9.59 Å². The van der Waals surface area contributed by atoms with Gasteiger partial charge in [0.05, 0.1) is 0 Å². The van der Waals surface area contributed by atoms with E-state index in [1.54, 1.807) is 4.90 Å². The number of carbonyl (C=O) groups excluding carboxylic acids is 2. The van der Waals surface area contributed by atoms with E-state index in [9.17, 15) is 9.59 Å². The van der Waals surface area contributed by atoms with Gasteiger partial charge in [-0.25, -0.2) is 0 Å². The highest BCUT2D eigenvalue weighted by Crippen LogP contribution is 2.38. The number of piperidine rings is 1. The summed E-state index contributed by atoms with van der Waals surface area (Å²) in [5, 5.41) is 2.76. The van der Waals surface area contributed by atoms with Crippen LogP contribution in [-0.2, 0) is 9.59 Å². The number of aryl methyl sites for hydroxylation is 2. The lowest BCUT2D eigenvalue weighted by Gasteiger charge is -2.54. The number of benzene rings is 1. The Labute approximate surface area is 144 Å². The van der Waals surface area contributed by atoms with Crippen LogP contribution in [0.2, 0.25) is 0 Å². The predicted molar refractivity (Wildman–Crippen MR) is 96.8 cm³/mol. The van der Waals surface area contributed by atoms with Crippen molar-refractivity contribution in [1.29, 1.82) is 0 Å². The maximum Gasteiger partial charge on any atom is 0.313 e. The van der Waals surface area contributed by atoms with Gasteiger partial charge in [-0.1, -0.05) is 17.7 Å². The van der Waals surface area contributed by atoms with E-state index in [1.807, 2.05) is 59.7 Å². The van der Waals surface area contributed by atoms with Gasteiger partial charge in [-0.15, -0.1) is 0 Å². The molecule has 1 aliphatic heterocycles. The second-order valence-electron chi connectivity index (χ2n) is 8.21. The molecule has 132 valence electrons. The third-order valence-corrected chi connectivity index (χ3v) is 4.76. The molecule has 24 heavy (non-hydrogen) atoms. The highest BCUT2D eigenvalue weighted by molar-refractivity contribution is 6.40. The summed E-state index contributed by atoms with van der Waals surface area (Å²) in [6.45, 7) is 11.8. The standard InChI is InChI=1S/C19H29N3O2/c1-12-7-8-15(13(2)9-12)21-16(23)17(24)22-18(3,4)10-14(20)11-19(22,5)6/h7-9,14H,10-11,20H2,1-6H3,(H,21,23). The molecule has 0 atom stereocenters. The molecule has 1 fully saturated rings. The highest BCUT2D eigenvalue weighted by Gasteiger charge is 2.48. The molecule has 0 saturated carbocycles. The van der Waals surface area contributed by atoms with E-state index in [4.69, 9.17) is 5.73 Å². The zero-order valence-corrected chi connectivity index (χ0v) is 15.6. The molecule has 5 heteroatoms. The highest BCUT2D eigenvalue weighted by atomic mass is 16.2. The third-order valence-electron chi connectivity index (χ3n) is 4.76. The number of nitrogens with zero attached hydrogens (tertiary/aromatic N) is 1. The van der Waals surface area contributed by atoms with Gasteiger partial charge in [-0.2, -0.15) is 0 Å². The molecule has 0 radical (unpaired) electrons. The maximum absolute atomic E-state index is 12.9. The van der Waals surface area contributed by atoms with Crippen LogP contribution in [0, 0.1) is 13.8 Å². The van der Waals surface area contributed by atoms with Gasteiger partial charge in [0, 0.05) is 22.8 Å². The summed E-state index contributed by atoms with van der Waals surface area (Å²) < 4.78 is 0. The molecule has 0 unspecified atom stereocenters. The first-order chi connectivity index (χ1) is 10.9. The molecular weight excluding hydrogens is 302 g/mol. The molecule has 2 rings (SSSR count). The van der Waals surface area contributed by atoms with Crippen LogP contribution in [0.5, 0.6) is 0 Å². The van der Waals surface area contributed by atoms with Gasteiger partial charge in [0.1, 0.15) is 0 Å². The summed E-state index contributed by atoms with van der Waals surface area (Å²) in [5.41, 5.74) is 7.95. The maximum atomic E-state index is 12.9. The van der Waals surface area contributed by atoms with Crippen LogP contribution in [0.1, 0.15) is 51.7 Å². The van der Waals surface area contributed by atoms with Crippen molar-refractivity contribution in [2.75, 3.05) is 5.32 Å². The van der Waals surface area contributed by atoms with Crippen molar-refractivity contribution in [3.63, 3.8) is 0 Å². The lowest BCUT2D eigenvalue weighted by Crippen LogP contribution is -2.66. The number of rotatable bonds is 1. The Balaban J connectivity index is 2.24. The van der Waals surface area contributed by atoms with Gasteiger partial charge in [0.2, 0.25) is 0 Å². The van der Waals surface area contributed by atoms with E-state index in [-0.39, 0.29) is 6.04 Å². The normalized spacial score (nSPS) is 19.9. The van der Waals surface area contributed by atoms with Crippen LogP contribution in [0.15, 0.2) is 18.2 Å². The topological polar surface area (TPSA) is 75.4 Å². The number of likely N-dealkylation sites (tertiary alicyclic amines) is 1. The van der Waals surface area contributed by atoms with E-state index in [0.29, 0.717) is 18.5 Å². The van der Waals surface area contributed by atoms with Gasteiger partial charge in [0.25, 0.3) is 0 Å². The second kappa shape index (κ2) is 6.20. The zero-order valence-electron chi connectivity index (χ0n) is 15.6. The van der Waals surface area contributed by atoms with Crippen LogP contribution in [-0.4, -0.2) is 33.8 Å². The first-order valence-electron chi connectivity index (χ1n) is 8.42. The average Bonchev–Trinajstić information content (AvgIpc) is 2.38. The molecule has 1 aromatic carbocycles. The SMILES string of the molecule is Cc1ccc(NC(=O)C(=O)N2C(C)(C)CC(N)CC2(C)C)c(C)c1. The molecule has 0 aromatic heterocycles. The van der Waals surface area contributed by atoms with Crippen molar-refractivity contribution in [2.24, 2.45) is 5.73 Å². The number of nitrogens with two attached hydrogens (primary N) is 1. The molecule has 0 spiro atoms. The fourth-order valence-electron chi connectivity index (χ4n) is 4.14. The molecule has 1 aromatic rings. The summed E-state index contributed by atoms with van der Waals surface area (Å²) in [5.74, 6) is -1.10. The lowest BCUT2D eigenvalue weighted by molar-refractivity contribution is -0.156. The molecule has 5 nitrogen and oxygen atoms in total. The minimum atomic E-state index is -0.599. The van der Waals surface area contributed by atoms with Gasteiger partial charge < -0.3 is 16.0 Å². The molecule has 2 amide bonds. The van der Waals surface area contributed by atoms with Crippen LogP contribution < -0.4 is 11.1 Å². The van der Waals surface area contributed by atoms with E-state index in [0.717, 1.165) is 11.1 Å². The largest absolute Gasteiger partial charge is 0.328 e. The fourth-order valence-corrected chi connectivity index (χ4v) is 4.14. The zero-order chi connectivity index (χ0) is 18.3. The molecule has 0 bridgehead atoms. The van der Waals surface area contributed by atoms with E-state index < -0.39 is 22.9 Å². The summed E-state index contributed by atoms with van der Waals surface area (Å²) >= 11 is 0. The Hall–Kier alpha value is -1.88. The first kappa shape index (κ1) is 18.5. The smallest absolute Gasteiger partial charge is 0.313 e. The second-order valence-corrected chi connectivity index (χ2v) is 8.21. The third kappa shape index (κ3) is 3.61. The molecule has 3 N–H and O–H groups in total. The van der Waals surface area contributed by atoms with Crippen molar-refractivity contribution >= 4 is 17.5 Å². The molecular formula is C19H29N3O2. The van der Waals surface area contributed by atoms with Crippen molar-refractivity contribution in [3.8, 4) is 0 Å². The van der Waals surface area contributed by atoms with Crippen molar-refractivity contribution < 1.29 is 9.59 Å². The number of nitrogens with one attached hydrogen (secondary N) is 1. The van der Waals surface area contributed by atoms with Crippen molar-refractivity contribution in [1.82, 2.24) is 4.90 Å². The molecule has 1 saturated heterocycles. The Morgan fingerprint density at radius 2 is 1.67 bits per heavy atom. The van der Waals surface area contributed by atoms with E-state index >= 15 is 0 Å². The summed E-state index contributed by atoms with van der Waals surface area (Å²) in [6.07, 6.45) is 1.36. The van der Waals surface area contributed by atoms with Gasteiger partial charge in [-0.05, 0) is 66.0 Å². The van der Waals surface area contributed by atoms with Crippen LogP contribution >= 0.6 is 0 Å². The van der Waals surface area contributed by atoms with Crippen molar-refractivity contribution in [2.45, 2.75) is 71.5 Å². The predicted octanol–water partition coefficient (Wildman–Crippen LogP) is 2.75. The Bertz CT molecular complexity index is 647. The van der Waals surface area contributed by atoms with Crippen LogP contribution in [0.4, 0.5) is 5.69 Å². The Morgan fingerprint density at radius 3 is 2.17 bits per heavy atom. The van der Waals surface area contributed by atoms with Crippen LogP contribution in [0.25, 0.3) is 0 Å². The van der Waals surface area contributed by atoms with Crippen molar-refractivity contribution in [3.05, 3.63) is 29.3 Å².